The van der Waals surface area contributed by atoms with Crippen LogP contribution >= 0.6 is 0 Å². The molecule has 2 bridgehead atoms. The van der Waals surface area contributed by atoms with Crippen LogP contribution in [0.25, 0.3) is 0 Å². The number of carbonyl (C=O) groups is 2. The molecule has 0 aromatic rings. The zero-order valence-corrected chi connectivity index (χ0v) is 16.5. The molecule has 3 saturated heterocycles. The first kappa shape index (κ1) is 18.0. The van der Waals surface area contributed by atoms with Crippen LogP contribution in [-0.4, -0.2) is 40.8 Å². The van der Waals surface area contributed by atoms with E-state index in [-0.39, 0.29) is 23.5 Å². The molecule has 1 saturated carbocycles. The van der Waals surface area contributed by atoms with Crippen LogP contribution in [-0.2, 0) is 14.3 Å². The highest BCUT2D eigenvalue weighted by Crippen LogP contribution is 2.75. The van der Waals surface area contributed by atoms with E-state index < -0.39 is 16.7 Å². The predicted molar refractivity (Wildman–Crippen MR) is 97.5 cm³/mol. The van der Waals surface area contributed by atoms with Gasteiger partial charge >= 0.3 is 6.09 Å². The monoisotopic (exact) mass is 361 g/mol. The highest BCUT2D eigenvalue weighted by Gasteiger charge is 2.83. The van der Waals surface area contributed by atoms with Gasteiger partial charge in [0.15, 0.2) is 5.72 Å². The van der Waals surface area contributed by atoms with Crippen LogP contribution in [0.2, 0.25) is 0 Å². The number of amides is 1. The van der Waals surface area contributed by atoms with Crippen molar-refractivity contribution in [2.45, 2.75) is 83.6 Å². The number of ether oxygens (including phenoxy) is 2. The molecule has 4 aliphatic rings. The lowest BCUT2D eigenvalue weighted by Gasteiger charge is -2.51. The zero-order chi connectivity index (χ0) is 19.0. The molecule has 5 nitrogen and oxygen atoms in total. The van der Waals surface area contributed by atoms with Crippen molar-refractivity contribution in [1.82, 2.24) is 4.90 Å². The Balaban J connectivity index is 1.83. The van der Waals surface area contributed by atoms with Gasteiger partial charge in [0.1, 0.15) is 11.4 Å². The zero-order valence-electron chi connectivity index (χ0n) is 16.5. The lowest BCUT2D eigenvalue weighted by atomic mass is 9.49. The number of likely N-dealkylation sites (tertiary alicyclic amines) is 1. The second-order valence-corrected chi connectivity index (χ2v) is 9.70. The molecule has 1 aliphatic carbocycles. The smallest absolute Gasteiger partial charge is 0.412 e. The summed E-state index contributed by atoms with van der Waals surface area (Å²) in [5.74, 6) is 0.562. The summed E-state index contributed by atoms with van der Waals surface area (Å²) in [6.45, 7) is 12.4. The van der Waals surface area contributed by atoms with E-state index in [9.17, 15) is 9.59 Å². The minimum absolute atomic E-state index is 0.121. The Morgan fingerprint density at radius 3 is 2.81 bits per heavy atom. The van der Waals surface area contributed by atoms with Crippen molar-refractivity contribution in [3.63, 3.8) is 0 Å². The number of Topliss-reactive ketones (excluding diaryl/α,β-unsaturated/α-hetero) is 1. The van der Waals surface area contributed by atoms with E-state index in [0.29, 0.717) is 25.2 Å². The summed E-state index contributed by atoms with van der Waals surface area (Å²) >= 11 is 0. The minimum Gasteiger partial charge on any atom is -0.444 e. The number of nitrogens with zero attached hydrogens (tertiary/aromatic N) is 1. The first-order valence-electron chi connectivity index (χ1n) is 9.95. The van der Waals surface area contributed by atoms with Gasteiger partial charge in [-0.3, -0.25) is 9.69 Å². The molecule has 1 spiro atoms. The largest absolute Gasteiger partial charge is 0.444 e. The molecule has 4 rings (SSSR count). The number of hydrogen-bond acceptors (Lipinski definition) is 4. The summed E-state index contributed by atoms with van der Waals surface area (Å²) in [7, 11) is 0. The molecule has 3 heterocycles. The van der Waals surface area contributed by atoms with Gasteiger partial charge in [-0.25, -0.2) is 4.79 Å². The van der Waals surface area contributed by atoms with Gasteiger partial charge in [-0.1, -0.05) is 13.0 Å². The van der Waals surface area contributed by atoms with Gasteiger partial charge in [0, 0.05) is 18.4 Å². The molecule has 0 aromatic heterocycles. The second kappa shape index (κ2) is 5.34. The van der Waals surface area contributed by atoms with E-state index in [2.05, 4.69) is 13.5 Å². The van der Waals surface area contributed by atoms with Crippen molar-refractivity contribution >= 4 is 11.9 Å². The van der Waals surface area contributed by atoms with E-state index in [1.165, 1.54) is 0 Å². The molecular formula is C21H31NO4. The summed E-state index contributed by atoms with van der Waals surface area (Å²) in [6, 6.07) is 0. The Morgan fingerprint density at radius 2 is 2.15 bits per heavy atom. The molecule has 5 heteroatoms. The third-order valence-electron chi connectivity index (χ3n) is 7.56. The fourth-order valence-electron chi connectivity index (χ4n) is 6.61. The number of ketones is 1. The van der Waals surface area contributed by atoms with E-state index in [4.69, 9.17) is 9.47 Å². The van der Waals surface area contributed by atoms with Gasteiger partial charge in [0.2, 0.25) is 0 Å². The molecule has 3 aliphatic heterocycles. The molecular weight excluding hydrogens is 330 g/mol. The summed E-state index contributed by atoms with van der Waals surface area (Å²) in [5, 5.41) is 0. The van der Waals surface area contributed by atoms with Crippen molar-refractivity contribution in [1.29, 1.82) is 0 Å². The van der Waals surface area contributed by atoms with E-state index in [1.807, 2.05) is 31.7 Å². The summed E-state index contributed by atoms with van der Waals surface area (Å²) < 4.78 is 12.3. The number of carbonyl (C=O) groups excluding carboxylic acids is 2. The lowest BCUT2D eigenvalue weighted by molar-refractivity contribution is -0.144. The highest BCUT2D eigenvalue weighted by atomic mass is 16.6. The third kappa shape index (κ3) is 1.90. The van der Waals surface area contributed by atoms with Crippen LogP contribution in [0.3, 0.4) is 0 Å². The molecule has 1 amide bonds. The molecule has 5 atom stereocenters. The number of rotatable bonds is 2. The average molecular weight is 361 g/mol. The summed E-state index contributed by atoms with van der Waals surface area (Å²) in [4.78, 5) is 28.3. The van der Waals surface area contributed by atoms with E-state index in [0.717, 1.165) is 25.7 Å². The Kier molecular flexibility index (Phi) is 3.70. The maximum absolute atomic E-state index is 13.4. The molecule has 2 unspecified atom stereocenters. The van der Waals surface area contributed by atoms with Crippen molar-refractivity contribution in [2.24, 2.45) is 16.7 Å². The summed E-state index contributed by atoms with van der Waals surface area (Å²) in [6.07, 6.45) is 6.14. The third-order valence-corrected chi connectivity index (χ3v) is 7.56. The van der Waals surface area contributed by atoms with Crippen LogP contribution in [0, 0.1) is 16.7 Å². The molecule has 144 valence electrons. The Bertz CT molecular complexity index is 667. The summed E-state index contributed by atoms with van der Waals surface area (Å²) in [5.41, 5.74) is -2.19. The fourth-order valence-corrected chi connectivity index (χ4v) is 6.61. The maximum atomic E-state index is 13.4. The number of allylic oxidation sites excluding steroid dienone is 1. The first-order valence-corrected chi connectivity index (χ1v) is 9.95. The van der Waals surface area contributed by atoms with Crippen LogP contribution in [0.1, 0.15) is 66.2 Å². The minimum atomic E-state index is -0.715. The standard InChI is InChI=1S/C21H31NO4/c1-6-11-20-15(23)9-7-8-14-13-22(17(24)26-18(2,3)4)21(19(14,20)5)12-10-16(20)25-21/h6,14,16H,1,7-13H2,2-5H3/t14?,16?,19-,20-,21+/m0/s1. The van der Waals surface area contributed by atoms with Crippen molar-refractivity contribution in [3.05, 3.63) is 12.7 Å². The van der Waals surface area contributed by atoms with Gasteiger partial charge in [-0.15, -0.1) is 6.58 Å². The van der Waals surface area contributed by atoms with Crippen LogP contribution in [0.15, 0.2) is 12.7 Å². The SMILES string of the molecule is C=CC[C@]12C(=O)CCCC3CN(C(=O)OC(C)(C)C)[C@@]4(CCC1O4)[C@@]32C. The van der Waals surface area contributed by atoms with Crippen LogP contribution in [0.5, 0.6) is 0 Å². The van der Waals surface area contributed by atoms with Gasteiger partial charge in [0.05, 0.1) is 11.5 Å². The average Bonchev–Trinajstić information content (AvgIpc) is 3.10. The number of fused-ring (bicyclic) bond motifs is 2. The van der Waals surface area contributed by atoms with Crippen molar-refractivity contribution < 1.29 is 19.1 Å². The van der Waals surface area contributed by atoms with E-state index >= 15 is 0 Å². The topological polar surface area (TPSA) is 55.8 Å². The Labute approximate surface area is 156 Å². The molecule has 4 fully saturated rings. The molecule has 0 aromatic carbocycles. The van der Waals surface area contributed by atoms with E-state index in [1.54, 1.807) is 0 Å². The van der Waals surface area contributed by atoms with Crippen molar-refractivity contribution in [3.8, 4) is 0 Å². The fraction of sp³-hybridized carbons (Fsp3) is 0.810. The van der Waals surface area contributed by atoms with Gasteiger partial charge in [-0.05, 0) is 58.8 Å². The Hall–Kier alpha value is -1.36. The van der Waals surface area contributed by atoms with Gasteiger partial charge < -0.3 is 9.47 Å². The molecule has 0 radical (unpaired) electrons. The van der Waals surface area contributed by atoms with Gasteiger partial charge in [-0.2, -0.15) is 0 Å². The lowest BCUT2D eigenvalue weighted by Crippen LogP contribution is -2.60. The maximum Gasteiger partial charge on any atom is 0.412 e. The predicted octanol–water partition coefficient (Wildman–Crippen LogP) is 4.06. The van der Waals surface area contributed by atoms with Crippen LogP contribution < -0.4 is 0 Å². The van der Waals surface area contributed by atoms with Crippen LogP contribution in [0.4, 0.5) is 4.79 Å². The highest BCUT2D eigenvalue weighted by molar-refractivity contribution is 5.88. The molecule has 26 heavy (non-hydrogen) atoms. The van der Waals surface area contributed by atoms with Gasteiger partial charge in [0.25, 0.3) is 0 Å². The Morgan fingerprint density at radius 1 is 1.42 bits per heavy atom. The quantitative estimate of drug-likeness (QED) is 0.696. The second-order valence-electron chi connectivity index (χ2n) is 9.70. The first-order chi connectivity index (χ1) is 12.1. The van der Waals surface area contributed by atoms with Crippen molar-refractivity contribution in [2.75, 3.05) is 6.54 Å². The number of hydrogen-bond donors (Lipinski definition) is 0. The molecule has 0 N–H and O–H groups in total. The normalized spacial score (nSPS) is 44.0.